The maximum Gasteiger partial charge on any atom is 0.407 e. The Balaban J connectivity index is 1.85. The van der Waals surface area contributed by atoms with E-state index in [0.717, 1.165) is 28.4 Å². The summed E-state index contributed by atoms with van der Waals surface area (Å²) in [6.45, 7) is 5.46. The van der Waals surface area contributed by atoms with Gasteiger partial charge in [0, 0.05) is 19.7 Å². The van der Waals surface area contributed by atoms with Gasteiger partial charge in [-0.25, -0.2) is 17.6 Å². The zero-order chi connectivity index (χ0) is 26.3. The third kappa shape index (κ3) is 8.26. The summed E-state index contributed by atoms with van der Waals surface area (Å²) in [5.74, 6) is -0.552. The van der Waals surface area contributed by atoms with Crippen LogP contribution in [0.5, 0.6) is 0 Å². The number of nitrogens with one attached hydrogen (secondary N) is 1. The molecule has 0 unspecified atom stereocenters. The number of sulfonamides is 1. The first-order valence-corrected chi connectivity index (χ1v) is 13.5. The first kappa shape index (κ1) is 28.0. The number of hydrogen-bond acceptors (Lipinski definition) is 6. The number of carbonyl (C=O) groups excluding carboxylic acids is 1. The molecule has 198 valence electrons. The molecular weight excluding hydrogens is 487 g/mol. The fourth-order valence-electron chi connectivity index (χ4n) is 3.99. The van der Waals surface area contributed by atoms with Crippen molar-refractivity contribution in [2.75, 3.05) is 19.7 Å². The van der Waals surface area contributed by atoms with Crippen molar-refractivity contribution >= 4 is 16.1 Å². The molecule has 1 amide bonds. The van der Waals surface area contributed by atoms with Gasteiger partial charge in [-0.3, -0.25) is 0 Å². The van der Waals surface area contributed by atoms with Gasteiger partial charge in [-0.2, -0.15) is 4.31 Å². The molecule has 1 aliphatic heterocycles. The molecule has 1 saturated heterocycles. The number of hydrogen-bond donors (Lipinski definition) is 2. The van der Waals surface area contributed by atoms with E-state index in [-0.39, 0.29) is 30.5 Å². The van der Waals surface area contributed by atoms with Gasteiger partial charge >= 0.3 is 6.09 Å². The van der Waals surface area contributed by atoms with Crippen LogP contribution in [0.4, 0.5) is 9.18 Å². The van der Waals surface area contributed by atoms with Crippen LogP contribution in [0.25, 0.3) is 0 Å². The molecule has 3 rings (SSSR count). The molecule has 1 heterocycles. The van der Waals surface area contributed by atoms with E-state index in [1.54, 1.807) is 20.8 Å². The van der Waals surface area contributed by atoms with Gasteiger partial charge in [0.1, 0.15) is 11.4 Å². The third-order valence-electron chi connectivity index (χ3n) is 5.74. The van der Waals surface area contributed by atoms with Crippen molar-refractivity contribution in [3.05, 3.63) is 66.0 Å². The Morgan fingerprint density at radius 1 is 1.19 bits per heavy atom. The second-order valence-corrected chi connectivity index (χ2v) is 11.9. The minimum atomic E-state index is -4.08. The summed E-state index contributed by atoms with van der Waals surface area (Å²) in [7, 11) is -4.08. The molecule has 1 fully saturated rings. The molecule has 0 bridgehead atoms. The van der Waals surface area contributed by atoms with Gasteiger partial charge in [0.25, 0.3) is 0 Å². The number of aliphatic hydroxyl groups excluding tert-OH is 1. The van der Waals surface area contributed by atoms with Crippen molar-refractivity contribution in [2.45, 2.75) is 68.8 Å². The second-order valence-electron chi connectivity index (χ2n) is 9.92. The summed E-state index contributed by atoms with van der Waals surface area (Å²) >= 11 is 0. The number of aliphatic hydroxyl groups is 1. The van der Waals surface area contributed by atoms with Gasteiger partial charge in [-0.05, 0) is 69.9 Å². The maximum atomic E-state index is 13.5. The van der Waals surface area contributed by atoms with Crippen LogP contribution in [0.2, 0.25) is 0 Å². The van der Waals surface area contributed by atoms with E-state index in [1.807, 2.05) is 30.3 Å². The van der Waals surface area contributed by atoms with Crippen molar-refractivity contribution in [1.82, 2.24) is 9.62 Å². The Labute approximate surface area is 212 Å². The van der Waals surface area contributed by atoms with Crippen LogP contribution in [0, 0.1) is 5.82 Å². The van der Waals surface area contributed by atoms with E-state index in [2.05, 4.69) is 5.32 Å². The topological polar surface area (TPSA) is 105 Å². The van der Waals surface area contributed by atoms with E-state index < -0.39 is 39.7 Å². The molecule has 8 nitrogen and oxygen atoms in total. The number of rotatable bonds is 10. The Hall–Kier alpha value is -2.53. The summed E-state index contributed by atoms with van der Waals surface area (Å²) in [5.41, 5.74) is 0.106. The van der Waals surface area contributed by atoms with Crippen molar-refractivity contribution in [3.63, 3.8) is 0 Å². The quantitative estimate of drug-likeness (QED) is 0.495. The predicted molar refractivity (Wildman–Crippen MR) is 133 cm³/mol. The lowest BCUT2D eigenvalue weighted by atomic mass is 10.0. The van der Waals surface area contributed by atoms with E-state index in [9.17, 15) is 22.7 Å². The minimum Gasteiger partial charge on any atom is -0.444 e. The monoisotopic (exact) mass is 522 g/mol. The Bertz CT molecular complexity index is 1080. The smallest absolute Gasteiger partial charge is 0.407 e. The lowest BCUT2D eigenvalue weighted by Gasteiger charge is -2.31. The number of alkyl carbamates (subject to hydrolysis) is 1. The fraction of sp³-hybridized carbons (Fsp3) is 0.500. The fourth-order valence-corrected chi connectivity index (χ4v) is 5.48. The molecule has 2 aromatic carbocycles. The molecule has 2 aromatic rings. The standard InChI is InChI=1S/C26H35FN2O6S/c1-26(2,3)35-25(31)28-23(16-19-8-5-4-6-9-19)24(30)18-29(17-21-10-7-15-34-21)36(32,33)22-13-11-20(27)12-14-22/h4-6,8-9,11-14,21,23-24,30H,7,10,15-18H2,1-3H3,(H,28,31)/t21-,23+,24-/m1/s1. The van der Waals surface area contributed by atoms with E-state index >= 15 is 0 Å². The molecule has 0 aliphatic carbocycles. The van der Waals surface area contributed by atoms with E-state index in [4.69, 9.17) is 9.47 Å². The average molecular weight is 523 g/mol. The lowest BCUT2D eigenvalue weighted by Crippen LogP contribution is -2.52. The molecule has 0 radical (unpaired) electrons. The largest absolute Gasteiger partial charge is 0.444 e. The zero-order valence-corrected chi connectivity index (χ0v) is 21.7. The van der Waals surface area contributed by atoms with Crippen LogP contribution >= 0.6 is 0 Å². The summed E-state index contributed by atoms with van der Waals surface area (Å²) in [6.07, 6.45) is -0.544. The van der Waals surface area contributed by atoms with E-state index in [1.165, 1.54) is 12.1 Å². The van der Waals surface area contributed by atoms with Gasteiger partial charge in [0.2, 0.25) is 10.0 Å². The van der Waals surface area contributed by atoms with Gasteiger partial charge in [0.05, 0.1) is 23.1 Å². The Morgan fingerprint density at radius 2 is 1.86 bits per heavy atom. The van der Waals surface area contributed by atoms with Crippen molar-refractivity contribution in [2.24, 2.45) is 0 Å². The van der Waals surface area contributed by atoms with Crippen LogP contribution < -0.4 is 5.32 Å². The lowest BCUT2D eigenvalue weighted by molar-refractivity contribution is 0.0373. The molecule has 3 atom stereocenters. The van der Waals surface area contributed by atoms with Crippen LogP contribution in [0.3, 0.4) is 0 Å². The Kier molecular flexibility index (Phi) is 9.46. The minimum absolute atomic E-state index is 0.0290. The van der Waals surface area contributed by atoms with Gasteiger partial charge in [0.15, 0.2) is 0 Å². The van der Waals surface area contributed by atoms with Gasteiger partial charge in [-0.1, -0.05) is 30.3 Å². The highest BCUT2D eigenvalue weighted by molar-refractivity contribution is 7.89. The molecule has 1 aliphatic rings. The van der Waals surface area contributed by atoms with Crippen LogP contribution in [0.15, 0.2) is 59.5 Å². The van der Waals surface area contributed by atoms with Crippen molar-refractivity contribution < 1.29 is 32.2 Å². The van der Waals surface area contributed by atoms with E-state index in [0.29, 0.717) is 13.0 Å². The summed E-state index contributed by atoms with van der Waals surface area (Å²) in [5, 5.41) is 13.9. The molecular formula is C26H35FN2O6S. The summed E-state index contributed by atoms with van der Waals surface area (Å²) in [6, 6.07) is 13.0. The SMILES string of the molecule is CC(C)(C)OC(=O)N[C@@H](Cc1ccccc1)[C@H](O)CN(C[C@H]1CCCO1)S(=O)(=O)c1ccc(F)cc1. The van der Waals surface area contributed by atoms with Crippen LogP contribution in [-0.2, 0) is 25.9 Å². The number of nitrogens with zero attached hydrogens (tertiary/aromatic N) is 1. The highest BCUT2D eigenvalue weighted by atomic mass is 32.2. The van der Waals surface area contributed by atoms with Crippen molar-refractivity contribution in [3.8, 4) is 0 Å². The van der Waals surface area contributed by atoms with Gasteiger partial charge < -0.3 is 19.9 Å². The van der Waals surface area contributed by atoms with Crippen LogP contribution in [-0.4, -0.2) is 67.5 Å². The number of amides is 1. The third-order valence-corrected chi connectivity index (χ3v) is 7.58. The molecule has 0 saturated carbocycles. The number of carbonyl (C=O) groups is 1. The zero-order valence-electron chi connectivity index (χ0n) is 20.9. The molecule has 0 aromatic heterocycles. The molecule has 10 heteroatoms. The molecule has 0 spiro atoms. The number of halogens is 1. The summed E-state index contributed by atoms with van der Waals surface area (Å²) < 4.78 is 52.6. The molecule has 36 heavy (non-hydrogen) atoms. The van der Waals surface area contributed by atoms with Crippen LogP contribution in [0.1, 0.15) is 39.2 Å². The maximum absolute atomic E-state index is 13.5. The average Bonchev–Trinajstić information content (AvgIpc) is 3.31. The summed E-state index contributed by atoms with van der Waals surface area (Å²) in [4.78, 5) is 12.5. The van der Waals surface area contributed by atoms with Gasteiger partial charge in [-0.15, -0.1) is 0 Å². The number of ether oxygens (including phenoxy) is 2. The predicted octanol–water partition coefficient (Wildman–Crippen LogP) is 3.49. The highest BCUT2D eigenvalue weighted by Gasteiger charge is 2.34. The second kappa shape index (κ2) is 12.1. The molecule has 2 N–H and O–H groups in total. The number of benzene rings is 2. The normalized spacial score (nSPS) is 18.1. The highest BCUT2D eigenvalue weighted by Crippen LogP contribution is 2.22. The van der Waals surface area contributed by atoms with Crippen molar-refractivity contribution in [1.29, 1.82) is 0 Å². The first-order chi connectivity index (χ1) is 16.9. The first-order valence-electron chi connectivity index (χ1n) is 12.0. The Morgan fingerprint density at radius 3 is 2.44 bits per heavy atom.